The number of fused-ring (bicyclic) bond motifs is 1. The molecule has 1 aromatic heterocycles. The molecular formula is C27H22F2N4O4. The maximum absolute atomic E-state index is 14.7. The summed E-state index contributed by atoms with van der Waals surface area (Å²) in [5.74, 6) is -0.265. The van der Waals surface area contributed by atoms with E-state index in [0.29, 0.717) is 46.9 Å². The SMILES string of the molecule is CCOCCOc1cc2nccc(Oc3ccc(NC(=O)Nc4ccc(F)cc4)c(F)c3)c2cc1C#N. The minimum atomic E-state index is -0.729. The number of amides is 2. The number of pyridine rings is 1. The summed E-state index contributed by atoms with van der Waals surface area (Å²) in [6, 6.07) is 15.4. The van der Waals surface area contributed by atoms with Crippen molar-refractivity contribution in [3.63, 3.8) is 0 Å². The Morgan fingerprint density at radius 1 is 1.00 bits per heavy atom. The number of urea groups is 1. The van der Waals surface area contributed by atoms with Crippen LogP contribution in [-0.2, 0) is 4.74 Å². The first-order valence-electron chi connectivity index (χ1n) is 11.3. The Labute approximate surface area is 211 Å². The molecule has 4 aromatic rings. The van der Waals surface area contributed by atoms with Crippen LogP contribution < -0.4 is 20.1 Å². The molecule has 0 atom stereocenters. The summed E-state index contributed by atoms with van der Waals surface area (Å²) in [6.45, 7) is 3.12. The van der Waals surface area contributed by atoms with Gasteiger partial charge in [-0.05, 0) is 55.5 Å². The van der Waals surface area contributed by atoms with Gasteiger partial charge in [-0.2, -0.15) is 5.26 Å². The zero-order valence-electron chi connectivity index (χ0n) is 19.8. The molecule has 0 aliphatic carbocycles. The lowest BCUT2D eigenvalue weighted by Gasteiger charge is -2.13. The Morgan fingerprint density at radius 3 is 2.54 bits per heavy atom. The molecule has 0 aliphatic heterocycles. The van der Waals surface area contributed by atoms with Gasteiger partial charge in [-0.1, -0.05) is 0 Å². The maximum Gasteiger partial charge on any atom is 0.323 e. The number of nitrogens with zero attached hydrogens (tertiary/aromatic N) is 2. The monoisotopic (exact) mass is 504 g/mol. The van der Waals surface area contributed by atoms with E-state index in [4.69, 9.17) is 14.2 Å². The molecule has 37 heavy (non-hydrogen) atoms. The van der Waals surface area contributed by atoms with E-state index < -0.39 is 17.7 Å². The highest BCUT2D eigenvalue weighted by Gasteiger charge is 2.13. The number of ether oxygens (including phenoxy) is 3. The van der Waals surface area contributed by atoms with Crippen molar-refractivity contribution in [2.45, 2.75) is 6.92 Å². The first-order valence-corrected chi connectivity index (χ1v) is 11.3. The number of nitrogens with one attached hydrogen (secondary N) is 2. The number of carbonyl (C=O) groups is 1. The minimum absolute atomic E-state index is 0.0767. The molecule has 0 radical (unpaired) electrons. The van der Waals surface area contributed by atoms with Gasteiger partial charge in [0.2, 0.25) is 0 Å². The van der Waals surface area contributed by atoms with Gasteiger partial charge in [0.1, 0.15) is 41.6 Å². The predicted molar refractivity (Wildman–Crippen MR) is 134 cm³/mol. The van der Waals surface area contributed by atoms with Crippen LogP contribution in [0.25, 0.3) is 10.9 Å². The first-order chi connectivity index (χ1) is 18.0. The van der Waals surface area contributed by atoms with E-state index in [1.54, 1.807) is 18.2 Å². The van der Waals surface area contributed by atoms with Gasteiger partial charge >= 0.3 is 6.03 Å². The number of halogens is 2. The molecule has 0 fully saturated rings. The van der Waals surface area contributed by atoms with Crippen LogP contribution in [0.3, 0.4) is 0 Å². The lowest BCUT2D eigenvalue weighted by molar-refractivity contribution is 0.110. The molecule has 0 bridgehead atoms. The van der Waals surface area contributed by atoms with Crippen LogP contribution in [0, 0.1) is 23.0 Å². The number of rotatable bonds is 9. The quantitative estimate of drug-likeness (QED) is 0.262. The average Bonchev–Trinajstić information content (AvgIpc) is 2.89. The third-order valence-electron chi connectivity index (χ3n) is 5.13. The van der Waals surface area contributed by atoms with Crippen LogP contribution in [0.2, 0.25) is 0 Å². The van der Waals surface area contributed by atoms with Crippen molar-refractivity contribution in [2.75, 3.05) is 30.5 Å². The molecule has 2 amide bonds. The van der Waals surface area contributed by atoms with Gasteiger partial charge in [0, 0.05) is 36.0 Å². The van der Waals surface area contributed by atoms with Crippen molar-refractivity contribution in [1.82, 2.24) is 4.98 Å². The molecule has 0 saturated heterocycles. The molecule has 0 spiro atoms. The molecule has 0 unspecified atom stereocenters. The zero-order valence-corrected chi connectivity index (χ0v) is 19.8. The smallest absolute Gasteiger partial charge is 0.323 e. The van der Waals surface area contributed by atoms with Gasteiger partial charge < -0.3 is 24.8 Å². The summed E-state index contributed by atoms with van der Waals surface area (Å²) in [5, 5.41) is 15.0. The van der Waals surface area contributed by atoms with E-state index in [-0.39, 0.29) is 18.0 Å². The van der Waals surface area contributed by atoms with Crippen molar-refractivity contribution in [1.29, 1.82) is 5.26 Å². The highest BCUT2D eigenvalue weighted by molar-refractivity contribution is 5.99. The molecule has 2 N–H and O–H groups in total. The van der Waals surface area contributed by atoms with E-state index in [9.17, 15) is 18.8 Å². The third kappa shape index (κ3) is 6.48. The maximum atomic E-state index is 14.7. The fraction of sp³-hybridized carbons (Fsp3) is 0.148. The van der Waals surface area contributed by atoms with Crippen LogP contribution in [0.1, 0.15) is 12.5 Å². The highest BCUT2D eigenvalue weighted by atomic mass is 19.1. The van der Waals surface area contributed by atoms with Crippen LogP contribution in [-0.4, -0.2) is 30.8 Å². The molecular weight excluding hydrogens is 482 g/mol. The van der Waals surface area contributed by atoms with E-state index in [1.165, 1.54) is 42.6 Å². The van der Waals surface area contributed by atoms with Gasteiger partial charge in [-0.15, -0.1) is 0 Å². The topological polar surface area (TPSA) is 106 Å². The molecule has 10 heteroatoms. The molecule has 4 rings (SSSR count). The number of aromatic nitrogens is 1. The number of hydrogen-bond acceptors (Lipinski definition) is 6. The van der Waals surface area contributed by atoms with Crippen LogP contribution in [0.5, 0.6) is 17.2 Å². The average molecular weight is 504 g/mol. The lowest BCUT2D eigenvalue weighted by atomic mass is 10.1. The molecule has 8 nitrogen and oxygen atoms in total. The number of benzene rings is 3. The summed E-state index contributed by atoms with van der Waals surface area (Å²) in [5.41, 5.74) is 1.09. The van der Waals surface area contributed by atoms with Crippen LogP contribution in [0.4, 0.5) is 25.0 Å². The fourth-order valence-electron chi connectivity index (χ4n) is 3.40. The highest BCUT2D eigenvalue weighted by Crippen LogP contribution is 2.34. The molecule has 0 aliphatic rings. The summed E-state index contributed by atoms with van der Waals surface area (Å²) in [6.07, 6.45) is 1.53. The standard InChI is InChI=1S/C27H22F2N4O4/c1-2-35-11-12-36-26-15-24-21(13-17(26)16-30)25(9-10-31-24)37-20-7-8-23(22(29)14-20)33-27(34)32-19-5-3-18(28)4-6-19/h3-10,13-15H,2,11-12H2,1H3,(H2,32,33,34). The summed E-state index contributed by atoms with van der Waals surface area (Å²) < 4.78 is 44.5. The minimum Gasteiger partial charge on any atom is -0.490 e. The van der Waals surface area contributed by atoms with E-state index in [0.717, 1.165) is 6.07 Å². The number of anilines is 2. The normalized spacial score (nSPS) is 10.5. The fourth-order valence-corrected chi connectivity index (χ4v) is 3.40. The van der Waals surface area contributed by atoms with E-state index in [1.807, 2.05) is 6.92 Å². The second-order valence-electron chi connectivity index (χ2n) is 7.66. The largest absolute Gasteiger partial charge is 0.490 e. The van der Waals surface area contributed by atoms with Crippen molar-refractivity contribution < 1.29 is 27.8 Å². The first kappa shape index (κ1) is 25.3. The van der Waals surface area contributed by atoms with Gasteiger partial charge in [-0.3, -0.25) is 4.98 Å². The van der Waals surface area contributed by atoms with Crippen molar-refractivity contribution in [3.05, 3.63) is 84.1 Å². The summed E-state index contributed by atoms with van der Waals surface area (Å²) in [7, 11) is 0. The summed E-state index contributed by atoms with van der Waals surface area (Å²) in [4.78, 5) is 16.5. The van der Waals surface area contributed by atoms with Crippen LogP contribution in [0.15, 0.2) is 66.9 Å². The Hall–Kier alpha value is -4.75. The van der Waals surface area contributed by atoms with Gasteiger partial charge in [-0.25, -0.2) is 13.6 Å². The van der Waals surface area contributed by atoms with Crippen LogP contribution >= 0.6 is 0 Å². The Kier molecular flexibility index (Phi) is 8.08. The number of carbonyl (C=O) groups excluding carboxylic acids is 1. The Bertz CT molecular complexity index is 1460. The van der Waals surface area contributed by atoms with Crippen molar-refractivity contribution >= 4 is 28.3 Å². The van der Waals surface area contributed by atoms with Crippen molar-refractivity contribution in [3.8, 4) is 23.3 Å². The van der Waals surface area contributed by atoms with Gasteiger partial charge in [0.15, 0.2) is 0 Å². The van der Waals surface area contributed by atoms with Gasteiger partial charge in [0.05, 0.1) is 23.4 Å². The van der Waals surface area contributed by atoms with Gasteiger partial charge in [0.25, 0.3) is 0 Å². The third-order valence-corrected chi connectivity index (χ3v) is 5.13. The number of hydrogen-bond donors (Lipinski definition) is 2. The molecule has 1 heterocycles. The molecule has 3 aromatic carbocycles. The second-order valence-corrected chi connectivity index (χ2v) is 7.66. The van der Waals surface area contributed by atoms with Crippen molar-refractivity contribution in [2.24, 2.45) is 0 Å². The van der Waals surface area contributed by atoms with E-state index in [2.05, 4.69) is 21.7 Å². The lowest BCUT2D eigenvalue weighted by Crippen LogP contribution is -2.20. The van der Waals surface area contributed by atoms with E-state index >= 15 is 0 Å². The molecule has 0 saturated carbocycles. The predicted octanol–water partition coefficient (Wildman–Crippen LogP) is 6.24. The molecule has 188 valence electrons. The zero-order chi connectivity index (χ0) is 26.2. The Morgan fingerprint density at radius 2 is 1.81 bits per heavy atom. The number of nitriles is 1. The second kappa shape index (κ2) is 11.8. The summed E-state index contributed by atoms with van der Waals surface area (Å²) >= 11 is 0. The Balaban J connectivity index is 1.49.